The molecule has 0 spiro atoms. The minimum atomic E-state index is -0.101. The van der Waals surface area contributed by atoms with Crippen LogP contribution in [0.1, 0.15) is 16.9 Å². The predicted molar refractivity (Wildman–Crippen MR) is 85.8 cm³/mol. The zero-order valence-electron chi connectivity index (χ0n) is 12.7. The second-order valence-electron chi connectivity index (χ2n) is 5.44. The van der Waals surface area contributed by atoms with E-state index in [1.165, 1.54) is 0 Å². The van der Waals surface area contributed by atoms with Gasteiger partial charge < -0.3 is 19.4 Å². The van der Waals surface area contributed by atoms with Crippen LogP contribution in [-0.2, 0) is 4.74 Å². The number of carbonyl (C=O) groups is 1. The lowest BCUT2D eigenvalue weighted by atomic mass is 10.2. The Morgan fingerprint density at radius 1 is 1.57 bits per heavy atom. The Hall–Kier alpha value is -2.05. The first-order valence-electron chi connectivity index (χ1n) is 7.38. The molecule has 0 aliphatic carbocycles. The van der Waals surface area contributed by atoms with Crippen molar-refractivity contribution in [2.75, 3.05) is 20.3 Å². The van der Waals surface area contributed by atoms with Crippen molar-refractivity contribution >= 4 is 17.5 Å². The number of pyridine rings is 1. The largest absolute Gasteiger partial charge is 0.490 e. The summed E-state index contributed by atoms with van der Waals surface area (Å²) in [7, 11) is 1.66. The number of amides is 1. The Labute approximate surface area is 139 Å². The molecule has 0 radical (unpaired) electrons. The lowest BCUT2D eigenvalue weighted by molar-refractivity contribution is 0.0653. The molecule has 1 amide bonds. The Balaban J connectivity index is 1.70. The zero-order chi connectivity index (χ0) is 16.2. The smallest absolute Gasteiger partial charge is 0.270 e. The van der Waals surface area contributed by atoms with Gasteiger partial charge in [0.2, 0.25) is 0 Å². The van der Waals surface area contributed by atoms with E-state index in [4.69, 9.17) is 21.1 Å². The lowest BCUT2D eigenvalue weighted by Gasteiger charge is -2.24. The number of carbonyl (C=O) groups excluding carboxylic acids is 1. The predicted octanol–water partition coefficient (Wildman–Crippen LogP) is 2.37. The molecule has 122 valence electrons. The van der Waals surface area contributed by atoms with Gasteiger partial charge in [-0.25, -0.2) is 0 Å². The van der Waals surface area contributed by atoms with Gasteiger partial charge in [0.15, 0.2) is 0 Å². The van der Waals surface area contributed by atoms with Crippen LogP contribution in [0.2, 0.25) is 5.02 Å². The molecule has 1 N–H and O–H groups in total. The fourth-order valence-electron chi connectivity index (χ4n) is 2.72. The number of hydrogen-bond acceptors (Lipinski definition) is 4. The third-order valence-corrected chi connectivity index (χ3v) is 4.14. The molecule has 7 heteroatoms. The number of aromatic nitrogens is 2. The normalized spacial score (nSPS) is 20.7. The van der Waals surface area contributed by atoms with Crippen molar-refractivity contribution in [3.05, 3.63) is 47.5 Å². The topological polar surface area (TPSA) is 67.5 Å². The summed E-state index contributed by atoms with van der Waals surface area (Å²) >= 11 is 5.89. The number of halogens is 1. The Kier molecular flexibility index (Phi) is 4.83. The molecular formula is C16H18ClN3O3. The van der Waals surface area contributed by atoms with Crippen LogP contribution in [0.4, 0.5) is 0 Å². The number of H-pyrrole nitrogens is 1. The van der Waals surface area contributed by atoms with Crippen LogP contribution in [0.5, 0.6) is 5.75 Å². The molecule has 0 aromatic carbocycles. The van der Waals surface area contributed by atoms with Crippen LogP contribution < -0.4 is 4.74 Å². The van der Waals surface area contributed by atoms with Crippen LogP contribution in [-0.4, -0.2) is 53.2 Å². The molecule has 0 saturated carbocycles. The molecule has 2 aromatic heterocycles. The van der Waals surface area contributed by atoms with Crippen molar-refractivity contribution in [2.24, 2.45) is 0 Å². The van der Waals surface area contributed by atoms with E-state index in [1.807, 2.05) is 12.1 Å². The van der Waals surface area contributed by atoms with E-state index in [2.05, 4.69) is 9.97 Å². The highest BCUT2D eigenvalue weighted by Gasteiger charge is 2.36. The van der Waals surface area contributed by atoms with Gasteiger partial charge in [-0.15, -0.1) is 0 Å². The van der Waals surface area contributed by atoms with Crippen LogP contribution in [0.15, 0.2) is 36.8 Å². The van der Waals surface area contributed by atoms with Gasteiger partial charge in [-0.1, -0.05) is 11.6 Å². The first-order chi connectivity index (χ1) is 11.2. The number of hydrogen-bond donors (Lipinski definition) is 1. The minimum Gasteiger partial charge on any atom is -0.490 e. The average Bonchev–Trinajstić information content (AvgIpc) is 3.19. The fraction of sp³-hybridized carbons (Fsp3) is 0.375. The molecule has 1 aliphatic heterocycles. The maximum atomic E-state index is 12.7. The Morgan fingerprint density at radius 3 is 3.09 bits per heavy atom. The SMILES string of the molecule is CO[C@@H]1C[C@@H](COc2cccnc2)N(C(=O)c2cc(Cl)c[nH]2)C1. The molecule has 2 aromatic rings. The highest BCUT2D eigenvalue weighted by molar-refractivity contribution is 6.30. The van der Waals surface area contributed by atoms with Crippen LogP contribution in [0.3, 0.4) is 0 Å². The minimum absolute atomic E-state index is 0.00637. The first-order valence-corrected chi connectivity index (χ1v) is 7.75. The van der Waals surface area contributed by atoms with Gasteiger partial charge in [0.25, 0.3) is 5.91 Å². The summed E-state index contributed by atoms with van der Waals surface area (Å²) in [4.78, 5) is 21.3. The standard InChI is InChI=1S/C16H18ClN3O3/c1-22-14-6-12(10-23-13-3-2-4-18-8-13)20(9-14)16(21)15-5-11(17)7-19-15/h2-5,7-8,12,14,19H,6,9-10H2,1H3/t12-,14+/m0/s1. The van der Waals surface area contributed by atoms with E-state index < -0.39 is 0 Å². The second kappa shape index (κ2) is 7.02. The molecule has 0 bridgehead atoms. The van der Waals surface area contributed by atoms with Crippen molar-refractivity contribution in [2.45, 2.75) is 18.6 Å². The summed E-state index contributed by atoms with van der Waals surface area (Å²) in [5.41, 5.74) is 0.470. The van der Waals surface area contributed by atoms with Gasteiger partial charge in [0.1, 0.15) is 18.1 Å². The highest BCUT2D eigenvalue weighted by atomic mass is 35.5. The number of ether oxygens (including phenoxy) is 2. The van der Waals surface area contributed by atoms with Gasteiger partial charge in [-0.2, -0.15) is 0 Å². The van der Waals surface area contributed by atoms with E-state index in [-0.39, 0.29) is 18.1 Å². The van der Waals surface area contributed by atoms with Gasteiger partial charge in [0.05, 0.1) is 23.4 Å². The third-order valence-electron chi connectivity index (χ3n) is 3.93. The molecule has 2 atom stereocenters. The number of likely N-dealkylation sites (tertiary alicyclic amines) is 1. The van der Waals surface area contributed by atoms with Crippen molar-refractivity contribution in [1.82, 2.24) is 14.9 Å². The molecule has 1 saturated heterocycles. The lowest BCUT2D eigenvalue weighted by Crippen LogP contribution is -2.39. The van der Waals surface area contributed by atoms with Crippen molar-refractivity contribution in [3.8, 4) is 5.75 Å². The van der Waals surface area contributed by atoms with E-state index in [9.17, 15) is 4.79 Å². The molecule has 3 heterocycles. The van der Waals surface area contributed by atoms with E-state index in [0.717, 1.165) is 6.42 Å². The second-order valence-corrected chi connectivity index (χ2v) is 5.87. The molecule has 1 fully saturated rings. The fourth-order valence-corrected chi connectivity index (χ4v) is 2.89. The maximum Gasteiger partial charge on any atom is 0.270 e. The number of methoxy groups -OCH3 is 1. The van der Waals surface area contributed by atoms with E-state index >= 15 is 0 Å². The van der Waals surface area contributed by atoms with Crippen molar-refractivity contribution < 1.29 is 14.3 Å². The van der Waals surface area contributed by atoms with Crippen LogP contribution in [0.25, 0.3) is 0 Å². The van der Waals surface area contributed by atoms with Gasteiger partial charge >= 0.3 is 0 Å². The monoisotopic (exact) mass is 335 g/mol. The highest BCUT2D eigenvalue weighted by Crippen LogP contribution is 2.24. The van der Waals surface area contributed by atoms with Gasteiger partial charge in [-0.05, 0) is 24.6 Å². The van der Waals surface area contributed by atoms with Crippen molar-refractivity contribution in [3.63, 3.8) is 0 Å². The van der Waals surface area contributed by atoms with Crippen LogP contribution in [0, 0.1) is 0 Å². The molecule has 23 heavy (non-hydrogen) atoms. The Bertz CT molecular complexity index is 662. The number of aromatic amines is 1. The van der Waals surface area contributed by atoms with Gasteiger partial charge in [-0.3, -0.25) is 9.78 Å². The number of nitrogens with zero attached hydrogens (tertiary/aromatic N) is 2. The zero-order valence-corrected chi connectivity index (χ0v) is 13.5. The van der Waals surface area contributed by atoms with E-state index in [0.29, 0.717) is 29.6 Å². The number of nitrogens with one attached hydrogen (secondary N) is 1. The summed E-state index contributed by atoms with van der Waals surface area (Å²) in [6.45, 7) is 0.929. The van der Waals surface area contributed by atoms with E-state index in [1.54, 1.807) is 36.7 Å². The van der Waals surface area contributed by atoms with Crippen molar-refractivity contribution in [1.29, 1.82) is 0 Å². The summed E-state index contributed by atoms with van der Waals surface area (Å²) in [6, 6.07) is 5.22. The summed E-state index contributed by atoms with van der Waals surface area (Å²) in [5.74, 6) is 0.583. The molecule has 6 nitrogen and oxygen atoms in total. The summed E-state index contributed by atoms with van der Waals surface area (Å²) in [6.07, 6.45) is 5.68. The maximum absolute atomic E-state index is 12.7. The first kappa shape index (κ1) is 15.8. The summed E-state index contributed by atoms with van der Waals surface area (Å²) < 4.78 is 11.2. The molecule has 3 rings (SSSR count). The number of rotatable bonds is 5. The summed E-state index contributed by atoms with van der Waals surface area (Å²) in [5, 5.41) is 0.513. The molecule has 1 aliphatic rings. The molecular weight excluding hydrogens is 318 g/mol. The third kappa shape index (κ3) is 3.65. The quantitative estimate of drug-likeness (QED) is 0.911. The average molecular weight is 336 g/mol. The Morgan fingerprint density at radius 2 is 2.43 bits per heavy atom. The molecule has 0 unspecified atom stereocenters. The van der Waals surface area contributed by atoms with Gasteiger partial charge in [0, 0.05) is 26.0 Å². The van der Waals surface area contributed by atoms with Crippen LogP contribution >= 0.6 is 11.6 Å².